The van der Waals surface area contributed by atoms with Gasteiger partial charge in [-0.05, 0) is 18.2 Å². The van der Waals surface area contributed by atoms with Crippen LogP contribution in [-0.2, 0) is 16.0 Å². The quantitative estimate of drug-likeness (QED) is 0.599. The lowest BCUT2D eigenvalue weighted by Gasteiger charge is -2.18. The summed E-state index contributed by atoms with van der Waals surface area (Å²) in [5, 5.41) is 7.55. The van der Waals surface area contributed by atoms with Gasteiger partial charge < -0.3 is 19.9 Å². The lowest BCUT2D eigenvalue weighted by Crippen LogP contribution is -2.27. The number of hydrogen-bond acceptors (Lipinski definition) is 5. The van der Waals surface area contributed by atoms with Crippen LogP contribution >= 0.6 is 0 Å². The van der Waals surface area contributed by atoms with E-state index >= 15 is 0 Å². The fourth-order valence-electron chi connectivity index (χ4n) is 2.71. The van der Waals surface area contributed by atoms with Gasteiger partial charge in [-0.25, -0.2) is 0 Å². The SMILES string of the molecule is COc1ccc(C(=N)N)cc1CN1CC(OC)C(OC)C1. The zero-order chi connectivity index (χ0) is 15.4. The Labute approximate surface area is 125 Å². The van der Waals surface area contributed by atoms with E-state index in [1.54, 1.807) is 27.4 Å². The second kappa shape index (κ2) is 6.89. The number of amidine groups is 1. The van der Waals surface area contributed by atoms with E-state index in [-0.39, 0.29) is 18.0 Å². The molecule has 1 aromatic rings. The number of nitrogen functional groups attached to an aromatic ring is 1. The summed E-state index contributed by atoms with van der Waals surface area (Å²) in [6.07, 6.45) is 0.161. The van der Waals surface area contributed by atoms with Gasteiger partial charge in [0.2, 0.25) is 0 Å². The Morgan fingerprint density at radius 2 is 1.86 bits per heavy atom. The Morgan fingerprint density at radius 3 is 2.33 bits per heavy atom. The smallest absolute Gasteiger partial charge is 0.123 e. The molecule has 0 amide bonds. The predicted molar refractivity (Wildman–Crippen MR) is 80.9 cm³/mol. The first-order valence-electron chi connectivity index (χ1n) is 6.88. The lowest BCUT2D eigenvalue weighted by molar-refractivity contribution is -0.00461. The Bertz CT molecular complexity index is 495. The van der Waals surface area contributed by atoms with Crippen LogP contribution in [0.3, 0.4) is 0 Å². The Morgan fingerprint density at radius 1 is 1.24 bits per heavy atom. The number of likely N-dealkylation sites (tertiary alicyclic amines) is 1. The molecule has 116 valence electrons. The molecule has 1 fully saturated rings. The molecule has 6 nitrogen and oxygen atoms in total. The molecule has 6 heteroatoms. The molecule has 1 aliphatic rings. The minimum atomic E-state index is 0.0601. The number of nitrogens with one attached hydrogen (secondary N) is 1. The summed E-state index contributed by atoms with van der Waals surface area (Å²) in [6.45, 7) is 2.33. The normalized spacial score (nSPS) is 22.4. The molecule has 0 saturated carbocycles. The Kier molecular flexibility index (Phi) is 5.17. The van der Waals surface area contributed by atoms with Crippen molar-refractivity contribution in [3.8, 4) is 5.75 Å². The van der Waals surface area contributed by atoms with Crippen LogP contribution in [0.2, 0.25) is 0 Å². The highest BCUT2D eigenvalue weighted by atomic mass is 16.5. The van der Waals surface area contributed by atoms with Crippen molar-refractivity contribution in [2.45, 2.75) is 18.8 Å². The van der Waals surface area contributed by atoms with E-state index in [1.165, 1.54) is 0 Å². The maximum atomic E-state index is 7.55. The third-order valence-corrected chi connectivity index (χ3v) is 3.88. The number of nitrogens with zero attached hydrogens (tertiary/aromatic N) is 1. The van der Waals surface area contributed by atoms with Crippen molar-refractivity contribution < 1.29 is 14.2 Å². The first kappa shape index (κ1) is 15.8. The molecule has 2 atom stereocenters. The van der Waals surface area contributed by atoms with E-state index in [9.17, 15) is 0 Å². The van der Waals surface area contributed by atoms with Crippen LogP contribution in [-0.4, -0.2) is 57.4 Å². The summed E-state index contributed by atoms with van der Waals surface area (Å²) in [6, 6.07) is 5.55. The molecule has 0 bridgehead atoms. The molecule has 1 aromatic carbocycles. The van der Waals surface area contributed by atoms with Crippen molar-refractivity contribution in [1.82, 2.24) is 4.90 Å². The third kappa shape index (κ3) is 3.53. The second-order valence-electron chi connectivity index (χ2n) is 5.18. The average molecular weight is 293 g/mol. The van der Waals surface area contributed by atoms with E-state index in [0.29, 0.717) is 12.1 Å². The molecule has 1 aliphatic heterocycles. The zero-order valence-corrected chi connectivity index (χ0v) is 12.8. The lowest BCUT2D eigenvalue weighted by atomic mass is 10.1. The van der Waals surface area contributed by atoms with Gasteiger partial charge in [0.05, 0.1) is 19.3 Å². The molecule has 0 radical (unpaired) electrons. The predicted octanol–water partition coefficient (Wildman–Crippen LogP) is 0.825. The van der Waals surface area contributed by atoms with Gasteiger partial charge in [0, 0.05) is 45.0 Å². The van der Waals surface area contributed by atoms with E-state index in [1.807, 2.05) is 12.1 Å². The zero-order valence-electron chi connectivity index (χ0n) is 12.8. The number of benzene rings is 1. The molecular weight excluding hydrogens is 270 g/mol. The van der Waals surface area contributed by atoms with Crippen molar-refractivity contribution in [3.05, 3.63) is 29.3 Å². The molecule has 1 saturated heterocycles. The van der Waals surface area contributed by atoms with Crippen LogP contribution in [0.5, 0.6) is 5.75 Å². The molecule has 2 rings (SSSR count). The van der Waals surface area contributed by atoms with Crippen molar-refractivity contribution in [2.75, 3.05) is 34.4 Å². The first-order valence-corrected chi connectivity index (χ1v) is 6.88. The largest absolute Gasteiger partial charge is 0.496 e. The van der Waals surface area contributed by atoms with E-state index < -0.39 is 0 Å². The van der Waals surface area contributed by atoms with Gasteiger partial charge in [0.1, 0.15) is 11.6 Å². The topological polar surface area (TPSA) is 80.8 Å². The summed E-state index contributed by atoms with van der Waals surface area (Å²) in [5.41, 5.74) is 7.27. The molecular formula is C15H23N3O3. The van der Waals surface area contributed by atoms with Crippen LogP contribution in [0.15, 0.2) is 18.2 Å². The maximum absolute atomic E-state index is 7.55. The van der Waals surface area contributed by atoms with Crippen molar-refractivity contribution in [1.29, 1.82) is 5.41 Å². The van der Waals surface area contributed by atoms with Crippen molar-refractivity contribution in [2.24, 2.45) is 5.73 Å². The van der Waals surface area contributed by atoms with E-state index in [4.69, 9.17) is 25.4 Å². The number of methoxy groups -OCH3 is 3. The summed E-state index contributed by atoms with van der Waals surface area (Å²) in [5.74, 6) is 0.861. The van der Waals surface area contributed by atoms with Gasteiger partial charge in [0.25, 0.3) is 0 Å². The molecule has 0 spiro atoms. The summed E-state index contributed by atoms with van der Waals surface area (Å²) < 4.78 is 16.3. The van der Waals surface area contributed by atoms with Crippen LogP contribution in [0.25, 0.3) is 0 Å². The standard InChI is InChI=1S/C15H23N3O3/c1-19-12-5-4-10(15(16)17)6-11(12)7-18-8-13(20-2)14(9-18)21-3/h4-6,13-14H,7-9H2,1-3H3,(H3,16,17). The Balaban J connectivity index is 2.15. The molecule has 0 aromatic heterocycles. The highest BCUT2D eigenvalue weighted by Gasteiger charge is 2.33. The van der Waals surface area contributed by atoms with Crippen LogP contribution in [0.1, 0.15) is 11.1 Å². The first-order chi connectivity index (χ1) is 10.1. The summed E-state index contributed by atoms with van der Waals surface area (Å²) >= 11 is 0. The number of rotatable bonds is 6. The highest BCUT2D eigenvalue weighted by molar-refractivity contribution is 5.95. The van der Waals surface area contributed by atoms with Crippen LogP contribution in [0.4, 0.5) is 0 Å². The molecule has 3 N–H and O–H groups in total. The van der Waals surface area contributed by atoms with Gasteiger partial charge in [-0.2, -0.15) is 0 Å². The van der Waals surface area contributed by atoms with Crippen molar-refractivity contribution in [3.63, 3.8) is 0 Å². The van der Waals surface area contributed by atoms with Gasteiger partial charge in [0.15, 0.2) is 0 Å². The monoisotopic (exact) mass is 293 g/mol. The number of hydrogen-bond donors (Lipinski definition) is 2. The third-order valence-electron chi connectivity index (χ3n) is 3.88. The molecule has 2 unspecified atom stereocenters. The molecule has 0 aliphatic carbocycles. The van der Waals surface area contributed by atoms with Gasteiger partial charge in [-0.1, -0.05) is 0 Å². The highest BCUT2D eigenvalue weighted by Crippen LogP contribution is 2.24. The maximum Gasteiger partial charge on any atom is 0.123 e. The number of nitrogens with two attached hydrogens (primary N) is 1. The average Bonchev–Trinajstić information content (AvgIpc) is 2.89. The molecule has 21 heavy (non-hydrogen) atoms. The van der Waals surface area contributed by atoms with Crippen LogP contribution in [0, 0.1) is 5.41 Å². The van der Waals surface area contributed by atoms with Gasteiger partial charge in [-0.3, -0.25) is 10.3 Å². The van der Waals surface area contributed by atoms with Gasteiger partial charge >= 0.3 is 0 Å². The van der Waals surface area contributed by atoms with Crippen molar-refractivity contribution >= 4 is 5.84 Å². The van der Waals surface area contributed by atoms with E-state index in [2.05, 4.69) is 4.90 Å². The summed E-state index contributed by atoms with van der Waals surface area (Å²) in [7, 11) is 5.06. The fourth-order valence-corrected chi connectivity index (χ4v) is 2.71. The fraction of sp³-hybridized carbons (Fsp3) is 0.533. The van der Waals surface area contributed by atoms with Gasteiger partial charge in [-0.15, -0.1) is 0 Å². The molecule has 1 heterocycles. The number of ether oxygens (including phenoxy) is 3. The van der Waals surface area contributed by atoms with Crippen LogP contribution < -0.4 is 10.5 Å². The minimum Gasteiger partial charge on any atom is -0.496 e. The second-order valence-corrected chi connectivity index (χ2v) is 5.18. The van der Waals surface area contributed by atoms with E-state index in [0.717, 1.165) is 24.4 Å². The summed E-state index contributed by atoms with van der Waals surface area (Å²) in [4.78, 5) is 2.25. The Hall–Kier alpha value is -1.63. The minimum absolute atomic E-state index is 0.0601.